The van der Waals surface area contributed by atoms with Crippen molar-refractivity contribution >= 4 is 5.78 Å². The normalized spacial score (nSPS) is 47.3. The van der Waals surface area contributed by atoms with Gasteiger partial charge >= 0.3 is 0 Å². The molecule has 6 heteroatoms. The summed E-state index contributed by atoms with van der Waals surface area (Å²) in [7, 11) is 0. The van der Waals surface area contributed by atoms with Crippen molar-refractivity contribution in [2.24, 2.45) is 52.0 Å². The van der Waals surface area contributed by atoms with Crippen LogP contribution in [0.5, 0.6) is 0 Å². The van der Waals surface area contributed by atoms with Gasteiger partial charge in [-0.1, -0.05) is 6.92 Å². The largest absolute Gasteiger partial charge is 0.403 e. The third-order valence-corrected chi connectivity index (χ3v) is 10.4. The number of Topliss-reactive ketones (excluding diaryl/α,β-unsaturated/α-hetero) is 1. The van der Waals surface area contributed by atoms with E-state index in [0.29, 0.717) is 29.4 Å². The molecule has 0 aliphatic heterocycles. The summed E-state index contributed by atoms with van der Waals surface area (Å²) < 4.78 is 0. The van der Waals surface area contributed by atoms with Crippen LogP contribution in [0.3, 0.4) is 0 Å². The standard InChI is InChI=1S/C25H43N3O3/c1-16(13-26)28(27)14-22(30)21-7-6-19-18-5-4-17-12-23(2,31)10-11-25(17,15-29)20(18)8-9-24(19,21)3/h13,17-21,29,31H,4-12,14-15,26-27H2,1-3H3/b16-13+/t17-,18?,19-,20-,21+,23+,24?,25+/m0/s1. The molecule has 4 aliphatic rings. The summed E-state index contributed by atoms with van der Waals surface area (Å²) in [5.41, 5.74) is 5.69. The molecular weight excluding hydrogens is 390 g/mol. The molecule has 4 fully saturated rings. The van der Waals surface area contributed by atoms with Crippen LogP contribution in [-0.2, 0) is 4.79 Å². The minimum Gasteiger partial charge on any atom is -0.403 e. The van der Waals surface area contributed by atoms with Gasteiger partial charge in [-0.2, -0.15) is 0 Å². The molecule has 2 unspecified atom stereocenters. The van der Waals surface area contributed by atoms with Crippen LogP contribution in [0.1, 0.15) is 78.6 Å². The maximum Gasteiger partial charge on any atom is 0.157 e. The third kappa shape index (κ3) is 3.63. The number of rotatable bonds is 5. The number of allylic oxidation sites excluding steroid dienone is 1. The fraction of sp³-hybridized carbons (Fsp3) is 0.880. The van der Waals surface area contributed by atoms with E-state index in [1.807, 2.05) is 13.8 Å². The van der Waals surface area contributed by atoms with Crippen molar-refractivity contribution in [1.29, 1.82) is 0 Å². The summed E-state index contributed by atoms with van der Waals surface area (Å²) in [5, 5.41) is 22.8. The van der Waals surface area contributed by atoms with Crippen LogP contribution in [0.25, 0.3) is 0 Å². The number of hydrogen-bond acceptors (Lipinski definition) is 6. The van der Waals surface area contributed by atoms with Gasteiger partial charge in [-0.05, 0) is 106 Å². The quantitative estimate of drug-likeness (QED) is 0.392. The molecule has 0 amide bonds. The van der Waals surface area contributed by atoms with Crippen molar-refractivity contribution in [2.45, 2.75) is 84.2 Å². The Morgan fingerprint density at radius 3 is 2.52 bits per heavy atom. The monoisotopic (exact) mass is 433 g/mol. The highest BCUT2D eigenvalue weighted by Crippen LogP contribution is 2.68. The van der Waals surface area contributed by atoms with Crippen molar-refractivity contribution in [3.63, 3.8) is 0 Å². The van der Waals surface area contributed by atoms with Gasteiger partial charge in [-0.15, -0.1) is 0 Å². The summed E-state index contributed by atoms with van der Waals surface area (Å²) in [6.07, 6.45) is 10.5. The molecule has 8 atom stereocenters. The first-order chi connectivity index (χ1) is 14.6. The van der Waals surface area contributed by atoms with E-state index < -0.39 is 5.60 Å². The SMILES string of the molecule is C/C(=C\N)N(N)CC(=O)[C@H]1CC[C@H]2C3CC[C@H]4C[C@](C)(O)CC[C@]4(CO)[C@H]3CCC12C. The molecule has 0 heterocycles. The zero-order valence-corrected chi connectivity index (χ0v) is 19.6. The average molecular weight is 434 g/mol. The fourth-order valence-electron chi connectivity index (χ4n) is 8.57. The van der Waals surface area contributed by atoms with Crippen molar-refractivity contribution < 1.29 is 15.0 Å². The molecule has 4 aliphatic carbocycles. The van der Waals surface area contributed by atoms with Crippen LogP contribution in [0.4, 0.5) is 0 Å². The number of hydrazine groups is 1. The Morgan fingerprint density at radius 1 is 1.10 bits per heavy atom. The molecule has 176 valence electrons. The van der Waals surface area contributed by atoms with E-state index in [9.17, 15) is 15.0 Å². The first-order valence-corrected chi connectivity index (χ1v) is 12.3. The summed E-state index contributed by atoms with van der Waals surface area (Å²) in [4.78, 5) is 13.3. The lowest BCUT2D eigenvalue weighted by Gasteiger charge is -2.62. The van der Waals surface area contributed by atoms with Crippen molar-refractivity contribution in [3.8, 4) is 0 Å². The van der Waals surface area contributed by atoms with Crippen LogP contribution in [-0.4, -0.2) is 39.8 Å². The Bertz CT molecular complexity index is 738. The van der Waals surface area contributed by atoms with Crippen LogP contribution >= 0.6 is 0 Å². The van der Waals surface area contributed by atoms with Crippen LogP contribution in [0.15, 0.2) is 11.9 Å². The molecule has 0 aromatic rings. The van der Waals surface area contributed by atoms with Gasteiger partial charge < -0.3 is 21.0 Å². The number of nitrogens with zero attached hydrogens (tertiary/aromatic N) is 1. The number of carbonyl (C=O) groups is 1. The predicted molar refractivity (Wildman–Crippen MR) is 121 cm³/mol. The molecule has 0 radical (unpaired) electrons. The van der Waals surface area contributed by atoms with Gasteiger partial charge in [-0.25, -0.2) is 5.84 Å². The van der Waals surface area contributed by atoms with Crippen LogP contribution < -0.4 is 11.6 Å². The van der Waals surface area contributed by atoms with Gasteiger partial charge in [0.05, 0.1) is 12.1 Å². The predicted octanol–water partition coefficient (Wildman–Crippen LogP) is 2.93. The molecule has 0 aromatic carbocycles. The number of carbonyl (C=O) groups excluding carboxylic acids is 1. The number of aliphatic hydroxyl groups excluding tert-OH is 1. The zero-order chi connectivity index (χ0) is 22.6. The molecule has 4 rings (SSSR count). The van der Waals surface area contributed by atoms with Crippen molar-refractivity contribution in [3.05, 3.63) is 11.9 Å². The molecular formula is C25H43N3O3. The van der Waals surface area contributed by atoms with Crippen LogP contribution in [0.2, 0.25) is 0 Å². The molecule has 0 saturated heterocycles. The number of ketones is 1. The van der Waals surface area contributed by atoms with E-state index in [1.165, 1.54) is 17.6 Å². The van der Waals surface area contributed by atoms with Crippen molar-refractivity contribution in [1.82, 2.24) is 5.01 Å². The van der Waals surface area contributed by atoms with E-state index in [1.54, 1.807) is 0 Å². The smallest absolute Gasteiger partial charge is 0.157 e. The first kappa shape index (κ1) is 23.1. The van der Waals surface area contributed by atoms with E-state index in [4.69, 9.17) is 11.6 Å². The molecule has 6 N–H and O–H groups in total. The lowest BCUT2D eigenvalue weighted by molar-refractivity contribution is -0.171. The molecule has 0 aromatic heterocycles. The van der Waals surface area contributed by atoms with Gasteiger partial charge in [0.1, 0.15) is 0 Å². The number of fused-ring (bicyclic) bond motifs is 5. The highest BCUT2D eigenvalue weighted by atomic mass is 16.3. The first-order valence-electron chi connectivity index (χ1n) is 12.3. The van der Waals surface area contributed by atoms with E-state index >= 15 is 0 Å². The van der Waals surface area contributed by atoms with Crippen LogP contribution in [0, 0.1) is 40.4 Å². The Balaban J connectivity index is 1.53. The third-order valence-electron chi connectivity index (χ3n) is 10.4. The summed E-state index contributed by atoms with van der Waals surface area (Å²) >= 11 is 0. The molecule has 0 bridgehead atoms. The molecule has 0 spiro atoms. The van der Waals surface area contributed by atoms with Gasteiger partial charge in [0.25, 0.3) is 0 Å². The lowest BCUT2D eigenvalue weighted by Crippen LogP contribution is -2.58. The maximum atomic E-state index is 13.3. The Morgan fingerprint density at radius 2 is 1.84 bits per heavy atom. The molecule has 31 heavy (non-hydrogen) atoms. The Labute approximate surface area is 187 Å². The zero-order valence-electron chi connectivity index (χ0n) is 19.6. The summed E-state index contributed by atoms with van der Waals surface area (Å²) in [6, 6.07) is 0. The summed E-state index contributed by atoms with van der Waals surface area (Å²) in [6.45, 7) is 6.60. The van der Waals surface area contributed by atoms with Gasteiger partial charge in [0, 0.05) is 24.4 Å². The highest BCUT2D eigenvalue weighted by Gasteiger charge is 2.62. The lowest BCUT2D eigenvalue weighted by atomic mass is 9.43. The molecule has 4 saturated carbocycles. The fourth-order valence-corrected chi connectivity index (χ4v) is 8.57. The van der Waals surface area contributed by atoms with E-state index in [-0.39, 0.29) is 35.7 Å². The highest BCUT2D eigenvalue weighted by molar-refractivity contribution is 5.84. The average Bonchev–Trinajstić information content (AvgIpc) is 3.09. The van der Waals surface area contributed by atoms with E-state index in [0.717, 1.165) is 51.4 Å². The minimum atomic E-state index is -0.589. The molecule has 6 nitrogen and oxygen atoms in total. The van der Waals surface area contributed by atoms with Gasteiger partial charge in [0.15, 0.2) is 5.78 Å². The number of hydrogen-bond donors (Lipinski definition) is 4. The Hall–Kier alpha value is -1.11. The second-order valence-corrected chi connectivity index (χ2v) is 11.8. The second kappa shape index (κ2) is 8.03. The van der Waals surface area contributed by atoms with E-state index in [2.05, 4.69) is 6.92 Å². The van der Waals surface area contributed by atoms with Gasteiger partial charge in [-0.3, -0.25) is 4.79 Å². The number of aliphatic hydroxyl groups is 2. The number of nitrogens with two attached hydrogens (primary N) is 2. The minimum absolute atomic E-state index is 0.0308. The Kier molecular flexibility index (Phi) is 5.98. The maximum absolute atomic E-state index is 13.3. The topological polar surface area (TPSA) is 113 Å². The van der Waals surface area contributed by atoms with Crippen molar-refractivity contribution in [2.75, 3.05) is 13.2 Å². The van der Waals surface area contributed by atoms with Gasteiger partial charge in [0.2, 0.25) is 0 Å². The second-order valence-electron chi connectivity index (χ2n) is 11.8. The summed E-state index contributed by atoms with van der Waals surface area (Å²) in [5.74, 6) is 8.43.